The van der Waals surface area contributed by atoms with Crippen molar-refractivity contribution in [2.75, 3.05) is 18.5 Å². The summed E-state index contributed by atoms with van der Waals surface area (Å²) in [6.07, 6.45) is 4.88. The largest absolute Gasteiger partial charge is 0.483 e. The Morgan fingerprint density at radius 3 is 2.60 bits per heavy atom. The predicted molar refractivity (Wildman–Crippen MR) is 110 cm³/mol. The zero-order valence-electron chi connectivity index (χ0n) is 16.2. The zero-order chi connectivity index (χ0) is 21.2. The smallest absolute Gasteiger partial charge is 0.341 e. The molecule has 0 radical (unpaired) electrons. The Labute approximate surface area is 173 Å². The second kappa shape index (κ2) is 10.7. The highest BCUT2D eigenvalue weighted by Crippen LogP contribution is 2.19. The van der Waals surface area contributed by atoms with Crippen molar-refractivity contribution in [3.8, 4) is 5.75 Å². The molecule has 0 spiro atoms. The molecule has 0 fully saturated rings. The molecule has 0 aliphatic rings. The van der Waals surface area contributed by atoms with E-state index >= 15 is 0 Å². The van der Waals surface area contributed by atoms with Gasteiger partial charge in [-0.05, 0) is 48.7 Å². The first-order valence-electron chi connectivity index (χ1n) is 9.46. The van der Waals surface area contributed by atoms with Crippen LogP contribution in [0.3, 0.4) is 0 Å². The predicted octanol–water partition coefficient (Wildman–Crippen LogP) is 4.03. The number of hydrogen-bond donors (Lipinski definition) is 1. The second-order valence-corrected chi connectivity index (χ2v) is 6.41. The number of ether oxygens (including phenoxy) is 2. The van der Waals surface area contributed by atoms with Gasteiger partial charge in [-0.15, -0.1) is 0 Å². The summed E-state index contributed by atoms with van der Waals surface area (Å²) in [5.74, 6) is -1.40. The molecule has 0 saturated carbocycles. The fraction of sp³-hybridized carbons (Fsp3) is 0.174. The number of carbonyl (C=O) groups is 2. The number of benzene rings is 2. The summed E-state index contributed by atoms with van der Waals surface area (Å²) in [7, 11) is 0. The van der Waals surface area contributed by atoms with Crippen LogP contribution in [0, 0.1) is 5.82 Å². The molecule has 0 bridgehead atoms. The number of carbonyl (C=O) groups excluding carboxylic acids is 2. The van der Waals surface area contributed by atoms with Gasteiger partial charge in [-0.25, -0.2) is 9.18 Å². The van der Waals surface area contributed by atoms with Gasteiger partial charge in [0, 0.05) is 12.4 Å². The number of halogens is 1. The summed E-state index contributed by atoms with van der Waals surface area (Å²) in [5, 5.41) is 2.43. The lowest BCUT2D eigenvalue weighted by Gasteiger charge is -2.12. The Bertz CT molecular complexity index is 995. The number of aromatic nitrogens is 1. The first kappa shape index (κ1) is 21.0. The first-order chi connectivity index (χ1) is 14.6. The van der Waals surface area contributed by atoms with Crippen LogP contribution in [0.4, 0.5) is 10.1 Å². The molecule has 154 valence electrons. The number of nitrogens with zero attached hydrogens (tertiary/aromatic N) is 1. The van der Waals surface area contributed by atoms with Gasteiger partial charge in [0.1, 0.15) is 17.1 Å². The van der Waals surface area contributed by atoms with Crippen molar-refractivity contribution in [2.24, 2.45) is 0 Å². The van der Waals surface area contributed by atoms with Gasteiger partial charge >= 0.3 is 5.97 Å². The van der Waals surface area contributed by atoms with Gasteiger partial charge < -0.3 is 14.8 Å². The van der Waals surface area contributed by atoms with Gasteiger partial charge in [0.25, 0.3) is 5.91 Å². The summed E-state index contributed by atoms with van der Waals surface area (Å²) in [4.78, 5) is 28.5. The van der Waals surface area contributed by atoms with Gasteiger partial charge in [-0.3, -0.25) is 9.78 Å². The van der Waals surface area contributed by atoms with E-state index in [1.165, 1.54) is 18.2 Å². The number of esters is 1. The number of rotatable bonds is 9. The lowest BCUT2D eigenvalue weighted by atomic mass is 10.2. The molecular formula is C23H21FN2O4. The molecule has 2 aromatic carbocycles. The number of pyridine rings is 1. The molecule has 1 N–H and O–H groups in total. The van der Waals surface area contributed by atoms with E-state index < -0.39 is 17.7 Å². The highest BCUT2D eigenvalue weighted by Gasteiger charge is 2.15. The lowest BCUT2D eigenvalue weighted by molar-refractivity contribution is -0.118. The van der Waals surface area contributed by atoms with Crippen molar-refractivity contribution >= 4 is 17.6 Å². The molecule has 1 aromatic heterocycles. The van der Waals surface area contributed by atoms with E-state index in [1.54, 1.807) is 42.7 Å². The van der Waals surface area contributed by atoms with Gasteiger partial charge in [0.05, 0.1) is 12.3 Å². The van der Waals surface area contributed by atoms with Crippen molar-refractivity contribution in [3.05, 3.63) is 90.0 Å². The average Bonchev–Trinajstić information content (AvgIpc) is 2.77. The second-order valence-electron chi connectivity index (χ2n) is 6.41. The fourth-order valence-corrected chi connectivity index (χ4v) is 2.72. The number of nitrogens with one attached hydrogen (secondary N) is 1. The standard InChI is InChI=1S/C23H21FN2O4/c24-19-10-2-3-11-20(19)26-22(27)16-30-21-12-4-1-9-18(21)23(28)29-14-6-8-17-7-5-13-25-15-17/h1-5,7,9-13,15H,6,8,14,16H2,(H,26,27). The third-order valence-electron chi connectivity index (χ3n) is 4.18. The highest BCUT2D eigenvalue weighted by molar-refractivity contribution is 5.94. The number of aryl methyl sites for hydroxylation is 1. The van der Waals surface area contributed by atoms with Crippen LogP contribution in [0.2, 0.25) is 0 Å². The zero-order valence-corrected chi connectivity index (χ0v) is 16.2. The summed E-state index contributed by atoms with van der Waals surface area (Å²) < 4.78 is 24.4. The van der Waals surface area contributed by atoms with E-state index in [0.29, 0.717) is 6.42 Å². The third kappa shape index (κ3) is 6.13. The first-order valence-corrected chi connectivity index (χ1v) is 9.46. The van der Waals surface area contributed by atoms with Crippen LogP contribution in [-0.2, 0) is 16.0 Å². The SMILES string of the molecule is O=C(COc1ccccc1C(=O)OCCCc1cccnc1)Nc1ccccc1F. The van der Waals surface area contributed by atoms with E-state index in [2.05, 4.69) is 10.3 Å². The molecule has 0 saturated heterocycles. The molecule has 0 aliphatic carbocycles. The summed E-state index contributed by atoms with van der Waals surface area (Å²) in [6, 6.07) is 16.2. The van der Waals surface area contributed by atoms with Gasteiger partial charge in [0.15, 0.2) is 6.61 Å². The summed E-state index contributed by atoms with van der Waals surface area (Å²) in [6.45, 7) is -0.129. The average molecular weight is 408 g/mol. The summed E-state index contributed by atoms with van der Waals surface area (Å²) in [5.41, 5.74) is 1.35. The Kier molecular flexibility index (Phi) is 7.49. The maximum Gasteiger partial charge on any atom is 0.341 e. The van der Waals surface area contributed by atoms with Gasteiger partial charge in [-0.1, -0.05) is 30.3 Å². The minimum atomic E-state index is -0.542. The quantitative estimate of drug-likeness (QED) is 0.427. The van der Waals surface area contributed by atoms with Crippen molar-refractivity contribution in [1.82, 2.24) is 4.98 Å². The van der Waals surface area contributed by atoms with Crippen molar-refractivity contribution in [2.45, 2.75) is 12.8 Å². The minimum absolute atomic E-state index is 0.0624. The molecule has 30 heavy (non-hydrogen) atoms. The lowest BCUT2D eigenvalue weighted by Crippen LogP contribution is -2.21. The number of amides is 1. The van der Waals surface area contributed by atoms with Crippen LogP contribution in [0.1, 0.15) is 22.3 Å². The van der Waals surface area contributed by atoms with Gasteiger partial charge in [-0.2, -0.15) is 0 Å². The fourth-order valence-electron chi connectivity index (χ4n) is 2.72. The van der Waals surface area contributed by atoms with E-state index in [9.17, 15) is 14.0 Å². The molecule has 3 aromatic rings. The van der Waals surface area contributed by atoms with Crippen LogP contribution in [-0.4, -0.2) is 30.1 Å². The monoisotopic (exact) mass is 408 g/mol. The molecule has 1 heterocycles. The van der Waals surface area contributed by atoms with Crippen molar-refractivity contribution in [3.63, 3.8) is 0 Å². The van der Waals surface area contributed by atoms with E-state index in [-0.39, 0.29) is 30.2 Å². The molecule has 6 nitrogen and oxygen atoms in total. The van der Waals surface area contributed by atoms with Crippen molar-refractivity contribution in [1.29, 1.82) is 0 Å². The number of anilines is 1. The highest BCUT2D eigenvalue weighted by atomic mass is 19.1. The maximum atomic E-state index is 13.6. The molecule has 7 heteroatoms. The molecular weight excluding hydrogens is 387 g/mol. The molecule has 3 rings (SSSR count). The number of para-hydroxylation sites is 2. The minimum Gasteiger partial charge on any atom is -0.483 e. The Morgan fingerprint density at radius 2 is 1.80 bits per heavy atom. The Morgan fingerprint density at radius 1 is 1.00 bits per heavy atom. The van der Waals surface area contributed by atoms with Crippen LogP contribution in [0.5, 0.6) is 5.75 Å². The van der Waals surface area contributed by atoms with Crippen molar-refractivity contribution < 1.29 is 23.5 Å². The molecule has 0 unspecified atom stereocenters. The molecule has 0 aliphatic heterocycles. The van der Waals surface area contributed by atoms with Crippen LogP contribution in [0.25, 0.3) is 0 Å². The van der Waals surface area contributed by atoms with E-state index in [0.717, 1.165) is 12.0 Å². The Hall–Kier alpha value is -3.74. The topological polar surface area (TPSA) is 77.5 Å². The van der Waals surface area contributed by atoms with Gasteiger partial charge in [0.2, 0.25) is 0 Å². The maximum absolute atomic E-state index is 13.6. The molecule has 1 amide bonds. The Balaban J connectivity index is 1.50. The van der Waals surface area contributed by atoms with Crippen LogP contribution < -0.4 is 10.1 Å². The molecule has 0 atom stereocenters. The number of hydrogen-bond acceptors (Lipinski definition) is 5. The normalized spacial score (nSPS) is 10.3. The van der Waals surface area contributed by atoms with Crippen LogP contribution in [0.15, 0.2) is 73.1 Å². The van der Waals surface area contributed by atoms with E-state index in [4.69, 9.17) is 9.47 Å². The van der Waals surface area contributed by atoms with E-state index in [1.807, 2.05) is 12.1 Å². The van der Waals surface area contributed by atoms with Crippen LogP contribution >= 0.6 is 0 Å². The summed E-state index contributed by atoms with van der Waals surface area (Å²) >= 11 is 0. The third-order valence-corrected chi connectivity index (χ3v) is 4.18.